The van der Waals surface area contributed by atoms with Gasteiger partial charge in [0.05, 0.1) is 11.3 Å². The van der Waals surface area contributed by atoms with Crippen molar-refractivity contribution in [3.8, 4) is 0 Å². The molecule has 3 N–H and O–H groups in total. The van der Waals surface area contributed by atoms with Crippen molar-refractivity contribution in [2.45, 2.75) is 6.18 Å². The molecule has 0 saturated heterocycles. The van der Waals surface area contributed by atoms with Crippen LogP contribution in [0.4, 0.5) is 24.5 Å². The second-order valence-electron chi connectivity index (χ2n) is 5.54. The van der Waals surface area contributed by atoms with E-state index in [0.717, 1.165) is 22.9 Å². The first-order valence-electron chi connectivity index (χ1n) is 7.64. The fraction of sp³-hybridized carbons (Fsp3) is 0.0526. The summed E-state index contributed by atoms with van der Waals surface area (Å²) in [6, 6.07) is 16.4. The number of fused-ring (bicyclic) bond motifs is 1. The number of alkyl halides is 3. The molecule has 0 aliphatic carbocycles. The molecule has 0 aliphatic rings. The average Bonchev–Trinajstić information content (AvgIpc) is 2.61. The third-order valence-electron chi connectivity index (χ3n) is 3.78. The Morgan fingerprint density at radius 3 is 2.44 bits per heavy atom. The molecule has 8 heteroatoms. The Labute approximate surface area is 165 Å². The lowest BCUT2D eigenvalue weighted by Crippen LogP contribution is -2.23. The largest absolute Gasteiger partial charge is 0.416 e. The summed E-state index contributed by atoms with van der Waals surface area (Å²) in [6.07, 6.45) is -4.46. The van der Waals surface area contributed by atoms with Crippen LogP contribution in [-0.4, -0.2) is 11.3 Å². The Hall–Kier alpha value is -2.64. The third-order valence-corrected chi connectivity index (χ3v) is 4.03. The van der Waals surface area contributed by atoms with Gasteiger partial charge in [-0.15, -0.1) is 12.4 Å². The lowest BCUT2D eigenvalue weighted by Gasteiger charge is -2.13. The summed E-state index contributed by atoms with van der Waals surface area (Å²) in [5.41, 5.74) is 6.31. The van der Waals surface area contributed by atoms with Crippen LogP contribution in [0.1, 0.15) is 11.1 Å². The number of halogens is 4. The summed E-state index contributed by atoms with van der Waals surface area (Å²) < 4.78 is 38.8. The summed E-state index contributed by atoms with van der Waals surface area (Å²) in [6.45, 7) is 0. The predicted molar refractivity (Wildman–Crippen MR) is 110 cm³/mol. The number of hydrogen-bond acceptors (Lipinski definition) is 2. The minimum atomic E-state index is -4.46. The van der Waals surface area contributed by atoms with Crippen molar-refractivity contribution in [1.29, 1.82) is 0 Å². The number of anilines is 1. The second-order valence-corrected chi connectivity index (χ2v) is 5.77. The average molecular weight is 410 g/mol. The molecule has 0 fully saturated rings. The van der Waals surface area contributed by atoms with E-state index in [9.17, 15) is 13.2 Å². The van der Waals surface area contributed by atoms with Crippen LogP contribution in [0, 0.1) is 0 Å². The number of guanidine groups is 1. The van der Waals surface area contributed by atoms with E-state index in [4.69, 9.17) is 18.0 Å². The minimum absolute atomic E-state index is 0. The SMILES string of the molecule is Cl.NC(=Nc1cccc2ccccc12)Nc1cc(C(F)(F)F)ccc1C=S. The Morgan fingerprint density at radius 1 is 1.04 bits per heavy atom. The van der Waals surface area contributed by atoms with Crippen molar-refractivity contribution in [1.82, 2.24) is 0 Å². The van der Waals surface area contributed by atoms with Gasteiger partial charge in [-0.05, 0) is 23.6 Å². The fourth-order valence-corrected chi connectivity index (χ4v) is 2.75. The highest BCUT2D eigenvalue weighted by molar-refractivity contribution is 7.79. The second kappa shape index (κ2) is 8.37. The van der Waals surface area contributed by atoms with Gasteiger partial charge in [0.15, 0.2) is 5.96 Å². The maximum absolute atomic E-state index is 12.9. The molecule has 0 amide bonds. The molecule has 0 radical (unpaired) electrons. The number of aliphatic imine (C=N–C) groups is 1. The zero-order chi connectivity index (χ0) is 18.7. The Kier molecular flexibility index (Phi) is 6.41. The molecule has 0 atom stereocenters. The lowest BCUT2D eigenvalue weighted by molar-refractivity contribution is -0.137. The van der Waals surface area contributed by atoms with Crippen LogP contribution in [0.3, 0.4) is 0 Å². The molecule has 0 unspecified atom stereocenters. The van der Waals surface area contributed by atoms with Crippen molar-refractivity contribution < 1.29 is 13.2 Å². The quantitative estimate of drug-likeness (QED) is 0.332. The van der Waals surface area contributed by atoms with Crippen LogP contribution in [0.5, 0.6) is 0 Å². The van der Waals surface area contributed by atoms with Crippen molar-refractivity contribution >= 4 is 58.1 Å². The molecule has 3 rings (SSSR count). The molecular weight excluding hydrogens is 395 g/mol. The molecule has 0 heterocycles. The van der Waals surface area contributed by atoms with Crippen molar-refractivity contribution in [2.75, 3.05) is 5.32 Å². The van der Waals surface area contributed by atoms with E-state index in [2.05, 4.69) is 10.3 Å². The molecule has 0 saturated carbocycles. The van der Waals surface area contributed by atoms with E-state index in [0.29, 0.717) is 11.3 Å². The highest BCUT2D eigenvalue weighted by Gasteiger charge is 2.31. The first kappa shape index (κ1) is 20.7. The zero-order valence-corrected chi connectivity index (χ0v) is 15.5. The molecule has 140 valence electrons. The Morgan fingerprint density at radius 2 is 1.74 bits per heavy atom. The normalized spacial score (nSPS) is 11.7. The van der Waals surface area contributed by atoms with Crippen LogP contribution >= 0.6 is 24.6 Å². The Balaban J connectivity index is 0.00000261. The monoisotopic (exact) mass is 409 g/mol. The number of thiocarbonyl (C=S) groups is 1. The zero-order valence-electron chi connectivity index (χ0n) is 13.8. The van der Waals surface area contributed by atoms with Crippen LogP contribution in [0.25, 0.3) is 10.8 Å². The van der Waals surface area contributed by atoms with Gasteiger partial charge >= 0.3 is 6.18 Å². The molecule has 3 nitrogen and oxygen atoms in total. The summed E-state index contributed by atoms with van der Waals surface area (Å²) in [5, 5.41) is 5.88. The molecule has 0 spiro atoms. The number of nitrogens with one attached hydrogen (secondary N) is 1. The number of benzene rings is 3. The summed E-state index contributed by atoms with van der Waals surface area (Å²) >= 11 is 4.86. The molecular formula is C19H15ClF3N3S. The Bertz CT molecular complexity index is 998. The number of hydrogen-bond donors (Lipinski definition) is 2. The van der Waals surface area contributed by atoms with Crippen LogP contribution < -0.4 is 11.1 Å². The van der Waals surface area contributed by atoms with Gasteiger partial charge < -0.3 is 11.1 Å². The van der Waals surface area contributed by atoms with Crippen molar-refractivity contribution in [3.05, 3.63) is 71.8 Å². The van der Waals surface area contributed by atoms with Gasteiger partial charge in [-0.2, -0.15) is 13.2 Å². The van der Waals surface area contributed by atoms with Gasteiger partial charge in [-0.3, -0.25) is 0 Å². The number of rotatable bonds is 3. The molecule has 0 bridgehead atoms. The molecule has 27 heavy (non-hydrogen) atoms. The summed E-state index contributed by atoms with van der Waals surface area (Å²) in [5.74, 6) is -0.0289. The fourth-order valence-electron chi connectivity index (χ4n) is 2.55. The van der Waals surface area contributed by atoms with Crippen molar-refractivity contribution in [2.24, 2.45) is 10.7 Å². The van der Waals surface area contributed by atoms with E-state index < -0.39 is 11.7 Å². The molecule has 3 aromatic rings. The molecule has 3 aromatic carbocycles. The maximum atomic E-state index is 12.9. The van der Waals surface area contributed by atoms with E-state index >= 15 is 0 Å². The number of nitrogens with two attached hydrogens (primary N) is 1. The topological polar surface area (TPSA) is 50.4 Å². The summed E-state index contributed by atoms with van der Waals surface area (Å²) in [7, 11) is 0. The first-order valence-corrected chi connectivity index (χ1v) is 8.11. The van der Waals surface area contributed by atoms with E-state index in [1.54, 1.807) is 6.07 Å². The van der Waals surface area contributed by atoms with Gasteiger partial charge in [0.25, 0.3) is 0 Å². The number of nitrogens with zero attached hydrogens (tertiary/aromatic N) is 1. The highest BCUT2D eigenvalue weighted by atomic mass is 35.5. The van der Waals surface area contributed by atoms with Crippen LogP contribution in [0.15, 0.2) is 65.7 Å². The van der Waals surface area contributed by atoms with Crippen LogP contribution in [-0.2, 0) is 6.18 Å². The van der Waals surface area contributed by atoms with E-state index in [1.807, 2.05) is 36.4 Å². The van der Waals surface area contributed by atoms with Gasteiger partial charge in [0.2, 0.25) is 0 Å². The van der Waals surface area contributed by atoms with E-state index in [-0.39, 0.29) is 24.1 Å². The van der Waals surface area contributed by atoms with E-state index in [1.165, 1.54) is 11.4 Å². The molecule has 0 aliphatic heterocycles. The van der Waals surface area contributed by atoms with Gasteiger partial charge in [0.1, 0.15) is 0 Å². The van der Waals surface area contributed by atoms with Gasteiger partial charge in [0, 0.05) is 22.0 Å². The standard InChI is InChI=1S/C19H14F3N3S.ClH/c20-19(21,22)14-9-8-13(11-26)17(10-14)25-18(23)24-16-7-3-5-12-4-1-2-6-15(12)16;/h1-11H,(H3,23,24,25);1H. The highest BCUT2D eigenvalue weighted by Crippen LogP contribution is 2.32. The summed E-state index contributed by atoms with van der Waals surface area (Å²) in [4.78, 5) is 4.30. The predicted octanol–water partition coefficient (Wildman–Crippen LogP) is 5.69. The third kappa shape index (κ3) is 4.75. The van der Waals surface area contributed by atoms with Gasteiger partial charge in [-0.1, -0.05) is 54.7 Å². The lowest BCUT2D eigenvalue weighted by atomic mass is 10.1. The first-order chi connectivity index (χ1) is 12.4. The molecule has 0 aromatic heterocycles. The van der Waals surface area contributed by atoms with Crippen molar-refractivity contribution in [3.63, 3.8) is 0 Å². The van der Waals surface area contributed by atoms with Gasteiger partial charge in [-0.25, -0.2) is 4.99 Å². The maximum Gasteiger partial charge on any atom is 0.416 e. The van der Waals surface area contributed by atoms with Crippen LogP contribution in [0.2, 0.25) is 0 Å². The smallest absolute Gasteiger partial charge is 0.369 e. The minimum Gasteiger partial charge on any atom is -0.369 e.